The van der Waals surface area contributed by atoms with Gasteiger partial charge in [0, 0.05) is 22.0 Å². The maximum atomic E-state index is 12.5. The number of halogens is 3. The smallest absolute Gasteiger partial charge is 0.422 e. The van der Waals surface area contributed by atoms with Crippen LogP contribution < -0.4 is 4.74 Å². The fraction of sp³-hybridized carbons (Fsp3) is 0.562. The first-order chi connectivity index (χ1) is 10.4. The van der Waals surface area contributed by atoms with Crippen LogP contribution in [0, 0.1) is 5.92 Å². The molecule has 22 heavy (non-hydrogen) atoms. The third kappa shape index (κ3) is 3.77. The summed E-state index contributed by atoms with van der Waals surface area (Å²) in [6, 6.07) is 6.01. The lowest BCUT2D eigenvalue weighted by atomic mass is 9.90. The van der Waals surface area contributed by atoms with Crippen molar-refractivity contribution >= 4 is 17.5 Å². The summed E-state index contributed by atoms with van der Waals surface area (Å²) in [6.45, 7) is -1.32. The van der Waals surface area contributed by atoms with E-state index in [1.165, 1.54) is 25.0 Å². The molecule has 2 nitrogen and oxygen atoms in total. The monoisotopic (exact) mass is 330 g/mol. The number of carbonyl (C=O) groups is 1. The van der Waals surface area contributed by atoms with Crippen LogP contribution in [0.2, 0.25) is 0 Å². The molecule has 2 fully saturated rings. The number of carbonyl (C=O) groups excluding carboxylic acids is 1. The number of hydrogen-bond acceptors (Lipinski definition) is 3. The summed E-state index contributed by atoms with van der Waals surface area (Å²) >= 11 is 2.00. The summed E-state index contributed by atoms with van der Waals surface area (Å²) in [5.74, 6) is 0.299. The normalized spacial score (nSPS) is 27.7. The number of hydrogen-bond donors (Lipinski definition) is 0. The number of fused-ring (bicyclic) bond motifs is 2. The highest BCUT2D eigenvalue weighted by atomic mass is 32.2. The Hall–Kier alpha value is -1.17. The molecule has 0 aliphatic carbocycles. The van der Waals surface area contributed by atoms with Crippen LogP contribution in [-0.4, -0.2) is 29.1 Å². The minimum absolute atomic E-state index is 0.0562. The Morgan fingerprint density at radius 1 is 1.14 bits per heavy atom. The molecule has 2 saturated heterocycles. The average molecular weight is 330 g/mol. The molecule has 0 radical (unpaired) electrons. The van der Waals surface area contributed by atoms with Gasteiger partial charge in [-0.25, -0.2) is 0 Å². The minimum Gasteiger partial charge on any atom is -0.484 e. The largest absolute Gasteiger partial charge is 0.484 e. The second-order valence-electron chi connectivity index (χ2n) is 5.92. The van der Waals surface area contributed by atoms with E-state index in [2.05, 4.69) is 4.74 Å². The fourth-order valence-electron chi connectivity index (χ4n) is 3.19. The van der Waals surface area contributed by atoms with Crippen molar-refractivity contribution in [3.05, 3.63) is 29.8 Å². The molecule has 0 N–H and O–H groups in total. The van der Waals surface area contributed by atoms with E-state index in [1.807, 2.05) is 11.8 Å². The van der Waals surface area contributed by atoms with E-state index >= 15 is 0 Å². The molecule has 0 spiro atoms. The molecule has 120 valence electrons. The van der Waals surface area contributed by atoms with Gasteiger partial charge in [-0.3, -0.25) is 4.79 Å². The summed E-state index contributed by atoms with van der Waals surface area (Å²) in [4.78, 5) is 12.5. The van der Waals surface area contributed by atoms with Gasteiger partial charge in [0.25, 0.3) is 0 Å². The number of rotatable bonds is 4. The molecule has 2 heterocycles. The van der Waals surface area contributed by atoms with E-state index in [9.17, 15) is 18.0 Å². The van der Waals surface area contributed by atoms with Crippen molar-refractivity contribution in [2.24, 2.45) is 5.92 Å². The van der Waals surface area contributed by atoms with Crippen molar-refractivity contribution in [3.63, 3.8) is 0 Å². The van der Waals surface area contributed by atoms with Gasteiger partial charge in [-0.15, -0.1) is 0 Å². The van der Waals surface area contributed by atoms with Crippen molar-refractivity contribution < 1.29 is 22.7 Å². The highest BCUT2D eigenvalue weighted by molar-refractivity contribution is 8.00. The van der Waals surface area contributed by atoms with Crippen molar-refractivity contribution in [2.45, 2.75) is 42.4 Å². The van der Waals surface area contributed by atoms with Crippen LogP contribution in [0.15, 0.2) is 24.3 Å². The zero-order valence-electron chi connectivity index (χ0n) is 11.9. The van der Waals surface area contributed by atoms with Crippen LogP contribution in [0.3, 0.4) is 0 Å². The molecular weight excluding hydrogens is 313 g/mol. The molecule has 2 aliphatic rings. The summed E-state index contributed by atoms with van der Waals surface area (Å²) in [6.07, 6.45) is -0.112. The number of Topliss-reactive ketones (excluding diaryl/α,β-unsaturated/α-hetero) is 1. The number of ether oxygens (including phenoxy) is 1. The van der Waals surface area contributed by atoms with E-state index < -0.39 is 12.8 Å². The first kappa shape index (κ1) is 15.7. The SMILES string of the molecule is O=C(c1ccc(OCC(F)(F)F)cc1)C1CC2CCC(C1)S2. The molecule has 2 bridgehead atoms. The molecular formula is C16H17F3O2S. The van der Waals surface area contributed by atoms with Crippen LogP contribution >= 0.6 is 11.8 Å². The highest BCUT2D eigenvalue weighted by Gasteiger charge is 2.37. The van der Waals surface area contributed by atoms with Gasteiger partial charge in [0.15, 0.2) is 12.4 Å². The second-order valence-corrected chi connectivity index (χ2v) is 7.52. The van der Waals surface area contributed by atoms with Crippen molar-refractivity contribution in [1.82, 2.24) is 0 Å². The Bertz CT molecular complexity index is 529. The number of alkyl halides is 3. The number of benzene rings is 1. The first-order valence-electron chi connectivity index (χ1n) is 7.40. The quantitative estimate of drug-likeness (QED) is 0.761. The van der Waals surface area contributed by atoms with E-state index in [1.54, 1.807) is 12.1 Å². The number of thioether (sulfide) groups is 1. The molecule has 3 rings (SSSR count). The van der Waals surface area contributed by atoms with Gasteiger partial charge in [-0.1, -0.05) is 0 Å². The van der Waals surface area contributed by atoms with Crippen molar-refractivity contribution in [2.75, 3.05) is 6.61 Å². The third-order valence-corrected chi connectivity index (χ3v) is 5.83. The van der Waals surface area contributed by atoms with E-state index in [0.29, 0.717) is 16.1 Å². The van der Waals surface area contributed by atoms with Gasteiger partial charge in [-0.05, 0) is 49.9 Å². The van der Waals surface area contributed by atoms with Gasteiger partial charge >= 0.3 is 6.18 Å². The van der Waals surface area contributed by atoms with E-state index in [4.69, 9.17) is 0 Å². The fourth-order valence-corrected chi connectivity index (χ4v) is 4.96. The van der Waals surface area contributed by atoms with Gasteiger partial charge in [0.05, 0.1) is 0 Å². The molecule has 1 aromatic rings. The Balaban J connectivity index is 1.61. The lowest BCUT2D eigenvalue weighted by Crippen LogP contribution is -2.24. The third-order valence-electron chi connectivity index (χ3n) is 4.20. The Morgan fingerprint density at radius 2 is 1.73 bits per heavy atom. The summed E-state index contributed by atoms with van der Waals surface area (Å²) < 4.78 is 40.9. The predicted molar refractivity (Wildman–Crippen MR) is 79.4 cm³/mol. The lowest BCUT2D eigenvalue weighted by Gasteiger charge is -2.26. The van der Waals surface area contributed by atoms with Crippen molar-refractivity contribution in [3.8, 4) is 5.75 Å². The molecule has 0 saturated carbocycles. The molecule has 2 aliphatic heterocycles. The van der Waals surface area contributed by atoms with Crippen LogP contribution in [0.5, 0.6) is 5.75 Å². The zero-order chi connectivity index (χ0) is 15.7. The van der Waals surface area contributed by atoms with Crippen LogP contribution in [0.25, 0.3) is 0 Å². The topological polar surface area (TPSA) is 26.3 Å². The zero-order valence-corrected chi connectivity index (χ0v) is 12.8. The van der Waals surface area contributed by atoms with E-state index in [-0.39, 0.29) is 17.5 Å². The van der Waals surface area contributed by atoms with Gasteiger partial charge in [0.2, 0.25) is 0 Å². The lowest BCUT2D eigenvalue weighted by molar-refractivity contribution is -0.153. The summed E-state index contributed by atoms with van der Waals surface area (Å²) in [7, 11) is 0. The Morgan fingerprint density at radius 3 is 2.27 bits per heavy atom. The Kier molecular flexibility index (Phi) is 4.39. The minimum atomic E-state index is -4.35. The standard InChI is InChI=1S/C16H17F3O2S/c17-16(18,19)9-21-12-3-1-10(2-4-12)15(20)11-7-13-5-6-14(8-11)22-13/h1-4,11,13-14H,5-9H2. The maximum Gasteiger partial charge on any atom is 0.422 e. The number of ketones is 1. The van der Waals surface area contributed by atoms with Gasteiger partial charge in [-0.2, -0.15) is 24.9 Å². The van der Waals surface area contributed by atoms with Crippen LogP contribution in [-0.2, 0) is 0 Å². The molecule has 0 amide bonds. The van der Waals surface area contributed by atoms with E-state index in [0.717, 1.165) is 12.8 Å². The molecule has 6 heteroatoms. The van der Waals surface area contributed by atoms with Crippen LogP contribution in [0.4, 0.5) is 13.2 Å². The maximum absolute atomic E-state index is 12.5. The van der Waals surface area contributed by atoms with Crippen LogP contribution in [0.1, 0.15) is 36.0 Å². The molecule has 2 unspecified atom stereocenters. The first-order valence-corrected chi connectivity index (χ1v) is 8.34. The Labute approximate surface area is 131 Å². The highest BCUT2D eigenvalue weighted by Crippen LogP contribution is 2.46. The average Bonchev–Trinajstić information content (AvgIpc) is 2.82. The summed E-state index contributed by atoms with van der Waals surface area (Å²) in [5.41, 5.74) is 0.565. The molecule has 1 aromatic carbocycles. The molecule has 0 aromatic heterocycles. The predicted octanol–water partition coefficient (Wildman–Crippen LogP) is 4.48. The van der Waals surface area contributed by atoms with Crippen molar-refractivity contribution in [1.29, 1.82) is 0 Å². The van der Waals surface area contributed by atoms with Gasteiger partial charge < -0.3 is 4.74 Å². The second kappa shape index (κ2) is 6.14. The molecule has 2 atom stereocenters. The van der Waals surface area contributed by atoms with Gasteiger partial charge in [0.1, 0.15) is 5.75 Å². The summed E-state index contributed by atoms with van der Waals surface area (Å²) in [5, 5.41) is 1.20.